The largest absolute Gasteiger partial charge is 0.481 e. The van der Waals surface area contributed by atoms with E-state index in [9.17, 15) is 13.6 Å². The van der Waals surface area contributed by atoms with Gasteiger partial charge in [-0.2, -0.15) is 0 Å². The quantitative estimate of drug-likeness (QED) is 0.861. The first-order chi connectivity index (χ1) is 8.00. The predicted octanol–water partition coefficient (Wildman–Crippen LogP) is 3.70. The molecule has 2 nitrogen and oxygen atoms in total. The molecule has 92 valence electrons. The van der Waals surface area contributed by atoms with Crippen molar-refractivity contribution in [1.82, 2.24) is 0 Å². The molecule has 1 unspecified atom stereocenters. The molecule has 1 aromatic carbocycles. The average Bonchev–Trinajstić information content (AvgIpc) is 3.07. The second-order valence-electron chi connectivity index (χ2n) is 4.31. The molecule has 0 amide bonds. The third-order valence-electron chi connectivity index (χ3n) is 3.05. The van der Waals surface area contributed by atoms with Crippen LogP contribution in [0.1, 0.15) is 30.7 Å². The molecule has 5 heteroatoms. The standard InChI is InChI=1S/C12H11BrF2O2/c13-11-7(3-4-9(14)12(11)15)8(5-10(16)17)6-1-2-6/h3-4,6,8H,1-2,5H2,(H,16,17). The molecule has 0 radical (unpaired) electrons. The van der Waals surface area contributed by atoms with Crippen LogP contribution >= 0.6 is 15.9 Å². The highest BCUT2D eigenvalue weighted by atomic mass is 79.9. The number of benzene rings is 1. The maximum atomic E-state index is 13.4. The van der Waals surface area contributed by atoms with Crippen molar-refractivity contribution >= 4 is 21.9 Å². The SMILES string of the molecule is O=C(O)CC(c1ccc(F)c(F)c1Br)C1CC1. The van der Waals surface area contributed by atoms with Gasteiger partial charge in [0.15, 0.2) is 11.6 Å². The highest BCUT2D eigenvalue weighted by Crippen LogP contribution is 2.46. The van der Waals surface area contributed by atoms with Crippen LogP contribution in [0.2, 0.25) is 0 Å². The Hall–Kier alpha value is -0.970. The third-order valence-corrected chi connectivity index (χ3v) is 3.86. The predicted molar refractivity (Wildman–Crippen MR) is 61.8 cm³/mol. The summed E-state index contributed by atoms with van der Waals surface area (Å²) in [6.07, 6.45) is 1.85. The van der Waals surface area contributed by atoms with Crippen LogP contribution in [0.5, 0.6) is 0 Å². The number of carboxylic acids is 1. The number of carbonyl (C=O) groups is 1. The van der Waals surface area contributed by atoms with Gasteiger partial charge in [-0.25, -0.2) is 8.78 Å². The lowest BCUT2D eigenvalue weighted by molar-refractivity contribution is -0.137. The lowest BCUT2D eigenvalue weighted by Gasteiger charge is -2.16. The van der Waals surface area contributed by atoms with Crippen molar-refractivity contribution in [3.63, 3.8) is 0 Å². The molecule has 0 bridgehead atoms. The van der Waals surface area contributed by atoms with E-state index >= 15 is 0 Å². The van der Waals surface area contributed by atoms with Gasteiger partial charge in [0, 0.05) is 0 Å². The number of hydrogen-bond acceptors (Lipinski definition) is 1. The Morgan fingerprint density at radius 2 is 2.12 bits per heavy atom. The van der Waals surface area contributed by atoms with Crippen molar-refractivity contribution in [3.8, 4) is 0 Å². The van der Waals surface area contributed by atoms with Crippen LogP contribution in [0, 0.1) is 17.6 Å². The fourth-order valence-electron chi connectivity index (χ4n) is 2.04. The molecule has 0 heterocycles. The van der Waals surface area contributed by atoms with Gasteiger partial charge < -0.3 is 5.11 Å². The summed E-state index contributed by atoms with van der Waals surface area (Å²) in [5.41, 5.74) is 0.550. The molecule has 1 N–H and O–H groups in total. The Labute approximate surface area is 106 Å². The molecular formula is C12H11BrF2O2. The Kier molecular flexibility index (Phi) is 3.47. The van der Waals surface area contributed by atoms with Crippen molar-refractivity contribution < 1.29 is 18.7 Å². The van der Waals surface area contributed by atoms with Gasteiger partial charge in [-0.15, -0.1) is 0 Å². The van der Waals surface area contributed by atoms with Gasteiger partial charge in [-0.1, -0.05) is 6.07 Å². The molecular weight excluding hydrogens is 294 g/mol. The molecule has 0 saturated heterocycles. The fourth-order valence-corrected chi connectivity index (χ4v) is 2.66. The Morgan fingerprint density at radius 3 is 2.65 bits per heavy atom. The third kappa shape index (κ3) is 2.65. The monoisotopic (exact) mass is 304 g/mol. The minimum atomic E-state index is -0.946. The summed E-state index contributed by atoms with van der Waals surface area (Å²) < 4.78 is 26.4. The van der Waals surface area contributed by atoms with E-state index in [0.29, 0.717) is 5.56 Å². The Morgan fingerprint density at radius 1 is 1.47 bits per heavy atom. The van der Waals surface area contributed by atoms with Crippen LogP contribution in [0.25, 0.3) is 0 Å². The molecule has 1 aliphatic rings. The molecule has 0 aliphatic heterocycles. The lowest BCUT2D eigenvalue weighted by Crippen LogP contribution is -2.10. The average molecular weight is 305 g/mol. The van der Waals surface area contributed by atoms with E-state index in [2.05, 4.69) is 15.9 Å². The van der Waals surface area contributed by atoms with E-state index in [-0.39, 0.29) is 22.7 Å². The van der Waals surface area contributed by atoms with E-state index in [0.717, 1.165) is 18.9 Å². The first-order valence-electron chi connectivity index (χ1n) is 5.36. The zero-order valence-electron chi connectivity index (χ0n) is 8.92. The second-order valence-corrected chi connectivity index (χ2v) is 5.10. The smallest absolute Gasteiger partial charge is 0.303 e. The van der Waals surface area contributed by atoms with E-state index in [4.69, 9.17) is 5.11 Å². The molecule has 0 spiro atoms. The van der Waals surface area contributed by atoms with Gasteiger partial charge in [-0.05, 0) is 52.2 Å². The van der Waals surface area contributed by atoms with Crippen LogP contribution < -0.4 is 0 Å². The number of rotatable bonds is 4. The molecule has 1 aromatic rings. The highest BCUT2D eigenvalue weighted by Gasteiger charge is 2.35. The number of aliphatic carboxylic acids is 1. The zero-order valence-corrected chi connectivity index (χ0v) is 10.5. The van der Waals surface area contributed by atoms with Crippen molar-refractivity contribution in [2.45, 2.75) is 25.2 Å². The van der Waals surface area contributed by atoms with E-state index in [1.807, 2.05) is 0 Å². The van der Waals surface area contributed by atoms with Crippen LogP contribution in [0.3, 0.4) is 0 Å². The number of carboxylic acid groups (broad SMARTS) is 1. The zero-order chi connectivity index (χ0) is 12.6. The normalized spacial score (nSPS) is 16.9. The summed E-state index contributed by atoms with van der Waals surface area (Å²) in [5.74, 6) is -2.76. The molecule has 0 aromatic heterocycles. The summed E-state index contributed by atoms with van der Waals surface area (Å²) in [7, 11) is 0. The van der Waals surface area contributed by atoms with Crippen molar-refractivity contribution in [2.75, 3.05) is 0 Å². The van der Waals surface area contributed by atoms with Gasteiger partial charge in [0.2, 0.25) is 0 Å². The molecule has 1 atom stereocenters. The van der Waals surface area contributed by atoms with E-state index in [1.54, 1.807) is 0 Å². The molecule has 1 fully saturated rings. The maximum absolute atomic E-state index is 13.4. The molecule has 1 aliphatic carbocycles. The highest BCUT2D eigenvalue weighted by molar-refractivity contribution is 9.10. The molecule has 1 saturated carbocycles. The summed E-state index contributed by atoms with van der Waals surface area (Å²) >= 11 is 3.01. The number of halogens is 3. The van der Waals surface area contributed by atoms with Gasteiger partial charge in [0.25, 0.3) is 0 Å². The van der Waals surface area contributed by atoms with Gasteiger partial charge in [-0.3, -0.25) is 4.79 Å². The minimum absolute atomic E-state index is 0.0473. The Balaban J connectivity index is 2.35. The first-order valence-corrected chi connectivity index (χ1v) is 6.15. The second kappa shape index (κ2) is 4.72. The van der Waals surface area contributed by atoms with Gasteiger partial charge >= 0.3 is 5.97 Å². The van der Waals surface area contributed by atoms with E-state index < -0.39 is 17.6 Å². The van der Waals surface area contributed by atoms with Gasteiger partial charge in [0.1, 0.15) is 0 Å². The summed E-state index contributed by atoms with van der Waals surface area (Å²) in [5, 5.41) is 8.85. The van der Waals surface area contributed by atoms with E-state index in [1.165, 1.54) is 6.07 Å². The van der Waals surface area contributed by atoms with Crippen molar-refractivity contribution in [2.24, 2.45) is 5.92 Å². The summed E-state index contributed by atoms with van der Waals surface area (Å²) in [6.45, 7) is 0. The number of hydrogen-bond donors (Lipinski definition) is 1. The van der Waals surface area contributed by atoms with Crippen molar-refractivity contribution in [3.05, 3.63) is 33.8 Å². The van der Waals surface area contributed by atoms with Crippen LogP contribution in [0.15, 0.2) is 16.6 Å². The lowest BCUT2D eigenvalue weighted by atomic mass is 9.91. The Bertz CT molecular complexity index is 458. The maximum Gasteiger partial charge on any atom is 0.303 e. The van der Waals surface area contributed by atoms with Crippen LogP contribution in [-0.2, 0) is 4.79 Å². The van der Waals surface area contributed by atoms with Crippen LogP contribution in [-0.4, -0.2) is 11.1 Å². The fraction of sp³-hybridized carbons (Fsp3) is 0.417. The van der Waals surface area contributed by atoms with Crippen LogP contribution in [0.4, 0.5) is 8.78 Å². The van der Waals surface area contributed by atoms with Crippen molar-refractivity contribution in [1.29, 1.82) is 0 Å². The van der Waals surface area contributed by atoms with Gasteiger partial charge in [0.05, 0.1) is 10.9 Å². The molecule has 2 rings (SSSR count). The molecule has 17 heavy (non-hydrogen) atoms. The summed E-state index contributed by atoms with van der Waals surface area (Å²) in [4.78, 5) is 10.8. The minimum Gasteiger partial charge on any atom is -0.481 e. The topological polar surface area (TPSA) is 37.3 Å². The first kappa shape index (κ1) is 12.5. The summed E-state index contributed by atoms with van der Waals surface area (Å²) in [6, 6.07) is 2.51.